The highest BCUT2D eigenvalue weighted by atomic mass is 35.5. The largest absolute Gasteiger partial charge is 0.489 e. The van der Waals surface area contributed by atoms with Crippen LogP contribution in [0.1, 0.15) is 28.4 Å². The van der Waals surface area contributed by atoms with Crippen molar-refractivity contribution in [2.45, 2.75) is 25.1 Å². The number of benzene rings is 3. The highest BCUT2D eigenvalue weighted by Gasteiger charge is 2.33. The highest BCUT2D eigenvalue weighted by Crippen LogP contribution is 2.35. The molecule has 0 bridgehead atoms. The van der Waals surface area contributed by atoms with E-state index >= 15 is 0 Å². The first-order valence-corrected chi connectivity index (χ1v) is 10.5. The molecule has 1 aliphatic heterocycles. The number of hydrogen-bond donors (Lipinski definition) is 3. The van der Waals surface area contributed by atoms with Gasteiger partial charge in [-0.25, -0.2) is 0 Å². The molecule has 4 aromatic rings. The molecular formula is C25H21ClN2O3. The predicted molar refractivity (Wildman–Crippen MR) is 121 cm³/mol. The molecular weight excluding hydrogens is 412 g/mol. The van der Waals surface area contributed by atoms with Gasteiger partial charge in [0.05, 0.1) is 6.04 Å². The molecule has 0 spiro atoms. The predicted octanol–water partition coefficient (Wildman–Crippen LogP) is 5.09. The number of aromatic amines is 1. The van der Waals surface area contributed by atoms with Crippen LogP contribution in [-0.4, -0.2) is 22.1 Å². The number of para-hydroxylation sites is 1. The number of rotatable bonds is 5. The van der Waals surface area contributed by atoms with Crippen molar-refractivity contribution < 1.29 is 14.6 Å². The van der Waals surface area contributed by atoms with Gasteiger partial charge in [-0.1, -0.05) is 54.1 Å². The van der Waals surface area contributed by atoms with Crippen molar-refractivity contribution >= 4 is 28.5 Å². The fourth-order valence-corrected chi connectivity index (χ4v) is 4.29. The van der Waals surface area contributed by atoms with Gasteiger partial charge in [0.2, 0.25) is 0 Å². The molecule has 0 amide bonds. The molecule has 5 rings (SSSR count). The molecule has 1 aliphatic rings. The van der Waals surface area contributed by atoms with Crippen LogP contribution in [0.25, 0.3) is 10.9 Å². The van der Waals surface area contributed by atoms with Gasteiger partial charge >= 0.3 is 5.97 Å². The van der Waals surface area contributed by atoms with Gasteiger partial charge in [0, 0.05) is 28.0 Å². The Balaban J connectivity index is 1.41. The number of ether oxygens (including phenoxy) is 1. The van der Waals surface area contributed by atoms with Gasteiger partial charge in [0.15, 0.2) is 0 Å². The SMILES string of the molecule is O=C(O)C1Cc2c([nH]c3ccccc23)C(c2ccc(OCc3ccc(Cl)cc3)cc2)N1. The maximum atomic E-state index is 11.8. The van der Waals surface area contributed by atoms with Crippen molar-refractivity contribution in [2.75, 3.05) is 0 Å². The third kappa shape index (κ3) is 3.90. The van der Waals surface area contributed by atoms with Gasteiger partial charge in [-0.2, -0.15) is 0 Å². The molecule has 0 radical (unpaired) electrons. The van der Waals surface area contributed by atoms with E-state index in [2.05, 4.69) is 10.3 Å². The molecule has 2 unspecified atom stereocenters. The van der Waals surface area contributed by atoms with Crippen LogP contribution in [0.15, 0.2) is 72.8 Å². The first kappa shape index (κ1) is 19.7. The topological polar surface area (TPSA) is 74.3 Å². The van der Waals surface area contributed by atoms with Crippen LogP contribution in [-0.2, 0) is 17.8 Å². The molecule has 0 saturated carbocycles. The lowest BCUT2D eigenvalue weighted by molar-refractivity contribution is -0.139. The van der Waals surface area contributed by atoms with E-state index in [0.29, 0.717) is 18.1 Å². The van der Waals surface area contributed by atoms with Crippen molar-refractivity contribution in [1.29, 1.82) is 0 Å². The third-order valence-electron chi connectivity index (χ3n) is 5.74. The van der Waals surface area contributed by atoms with E-state index < -0.39 is 12.0 Å². The summed E-state index contributed by atoms with van der Waals surface area (Å²) in [6.07, 6.45) is 0.452. The minimum absolute atomic E-state index is 0.234. The van der Waals surface area contributed by atoms with Crippen molar-refractivity contribution in [3.63, 3.8) is 0 Å². The first-order valence-electron chi connectivity index (χ1n) is 10.1. The van der Waals surface area contributed by atoms with E-state index in [-0.39, 0.29) is 6.04 Å². The van der Waals surface area contributed by atoms with Crippen LogP contribution >= 0.6 is 11.6 Å². The third-order valence-corrected chi connectivity index (χ3v) is 5.99. The number of carbonyl (C=O) groups is 1. The molecule has 31 heavy (non-hydrogen) atoms. The molecule has 1 aromatic heterocycles. The Kier molecular flexibility index (Phi) is 5.14. The van der Waals surface area contributed by atoms with Crippen LogP contribution < -0.4 is 10.1 Å². The van der Waals surface area contributed by atoms with Gasteiger partial charge < -0.3 is 14.8 Å². The minimum atomic E-state index is -0.844. The van der Waals surface area contributed by atoms with Crippen LogP contribution in [0.3, 0.4) is 0 Å². The standard InChI is InChI=1S/C25H21ClN2O3/c26-17-9-5-15(6-10-17)14-31-18-11-7-16(8-12-18)23-24-20(13-22(28-23)25(29)30)19-3-1-2-4-21(19)27-24/h1-12,22-23,27-28H,13-14H2,(H,29,30). The highest BCUT2D eigenvalue weighted by molar-refractivity contribution is 6.30. The average molecular weight is 433 g/mol. The normalized spacial score (nSPS) is 18.0. The second-order valence-corrected chi connectivity index (χ2v) is 8.18. The van der Waals surface area contributed by atoms with Crippen molar-refractivity contribution in [3.05, 3.63) is 100 Å². The molecule has 5 nitrogen and oxygen atoms in total. The second-order valence-electron chi connectivity index (χ2n) is 7.74. The van der Waals surface area contributed by atoms with E-state index in [1.807, 2.05) is 72.8 Å². The smallest absolute Gasteiger partial charge is 0.321 e. The van der Waals surface area contributed by atoms with E-state index in [1.54, 1.807) is 0 Å². The Hall–Kier alpha value is -3.28. The lowest BCUT2D eigenvalue weighted by Gasteiger charge is -2.29. The lowest BCUT2D eigenvalue weighted by atomic mass is 9.90. The number of hydrogen-bond acceptors (Lipinski definition) is 3. The number of aliphatic carboxylic acids is 1. The van der Waals surface area contributed by atoms with Gasteiger partial charge in [-0.15, -0.1) is 0 Å². The maximum absolute atomic E-state index is 11.8. The van der Waals surface area contributed by atoms with Crippen molar-refractivity contribution in [3.8, 4) is 5.75 Å². The Bertz CT molecular complexity index is 1230. The number of nitrogens with one attached hydrogen (secondary N) is 2. The Morgan fingerprint density at radius 3 is 2.52 bits per heavy atom. The number of halogens is 1. The average Bonchev–Trinajstić information content (AvgIpc) is 3.17. The molecule has 3 aromatic carbocycles. The van der Waals surface area contributed by atoms with E-state index in [1.165, 1.54) is 0 Å². The summed E-state index contributed by atoms with van der Waals surface area (Å²) < 4.78 is 5.89. The van der Waals surface area contributed by atoms with Gasteiger partial charge in [-0.3, -0.25) is 10.1 Å². The van der Waals surface area contributed by atoms with Crippen molar-refractivity contribution in [2.24, 2.45) is 0 Å². The molecule has 2 atom stereocenters. The van der Waals surface area contributed by atoms with Crippen LogP contribution in [0, 0.1) is 0 Å². The Morgan fingerprint density at radius 2 is 1.77 bits per heavy atom. The quantitative estimate of drug-likeness (QED) is 0.410. The minimum Gasteiger partial charge on any atom is -0.489 e. The van der Waals surface area contributed by atoms with E-state index in [4.69, 9.17) is 16.3 Å². The van der Waals surface area contributed by atoms with E-state index in [0.717, 1.165) is 39.0 Å². The number of carboxylic acid groups (broad SMARTS) is 1. The zero-order valence-electron chi connectivity index (χ0n) is 16.6. The van der Waals surface area contributed by atoms with E-state index in [9.17, 15) is 9.90 Å². The number of carboxylic acids is 1. The van der Waals surface area contributed by atoms with Crippen LogP contribution in [0.5, 0.6) is 5.75 Å². The number of fused-ring (bicyclic) bond motifs is 3. The fourth-order valence-electron chi connectivity index (χ4n) is 4.16. The summed E-state index contributed by atoms with van der Waals surface area (Å²) in [5.41, 5.74) is 5.13. The molecule has 0 saturated heterocycles. The Labute approximate surface area is 184 Å². The number of H-pyrrole nitrogens is 1. The monoisotopic (exact) mass is 432 g/mol. The molecule has 0 fully saturated rings. The molecule has 3 N–H and O–H groups in total. The summed E-state index contributed by atoms with van der Waals surface area (Å²) in [5, 5.41) is 14.7. The summed E-state index contributed by atoms with van der Waals surface area (Å²) in [6.45, 7) is 0.450. The van der Waals surface area contributed by atoms with Crippen LogP contribution in [0.4, 0.5) is 0 Å². The lowest BCUT2D eigenvalue weighted by Crippen LogP contribution is -2.44. The molecule has 2 heterocycles. The summed E-state index contributed by atoms with van der Waals surface area (Å²) in [6, 6.07) is 22.5. The zero-order chi connectivity index (χ0) is 21.4. The maximum Gasteiger partial charge on any atom is 0.321 e. The summed E-state index contributed by atoms with van der Waals surface area (Å²) in [4.78, 5) is 15.3. The summed E-state index contributed by atoms with van der Waals surface area (Å²) in [5.74, 6) is -0.0926. The molecule has 156 valence electrons. The zero-order valence-corrected chi connectivity index (χ0v) is 17.4. The van der Waals surface area contributed by atoms with Crippen molar-refractivity contribution in [1.82, 2.24) is 10.3 Å². The van der Waals surface area contributed by atoms with Gasteiger partial charge in [0.1, 0.15) is 18.4 Å². The summed E-state index contributed by atoms with van der Waals surface area (Å²) >= 11 is 5.93. The van der Waals surface area contributed by atoms with Gasteiger partial charge in [0.25, 0.3) is 0 Å². The Morgan fingerprint density at radius 1 is 1.03 bits per heavy atom. The first-order chi connectivity index (χ1) is 15.1. The number of aromatic nitrogens is 1. The molecule has 6 heteroatoms. The fraction of sp³-hybridized carbons (Fsp3) is 0.160. The summed E-state index contributed by atoms with van der Waals surface area (Å²) in [7, 11) is 0. The second kappa shape index (κ2) is 8.10. The van der Waals surface area contributed by atoms with Crippen LogP contribution in [0.2, 0.25) is 5.02 Å². The van der Waals surface area contributed by atoms with Gasteiger partial charge in [-0.05, 0) is 47.0 Å². The molecule has 0 aliphatic carbocycles.